The highest BCUT2D eigenvalue weighted by atomic mass is 35.5. The van der Waals surface area contributed by atoms with Crippen LogP contribution in [0.3, 0.4) is 0 Å². The summed E-state index contributed by atoms with van der Waals surface area (Å²) in [7, 11) is -3.65. The molecule has 2 aromatic rings. The smallest absolute Gasteiger partial charge is 0.329 e. The van der Waals surface area contributed by atoms with Crippen LogP contribution >= 0.6 is 11.6 Å². The van der Waals surface area contributed by atoms with Crippen molar-refractivity contribution >= 4 is 45.1 Å². The standard InChI is InChI=1S/C24H28ClN3O7S/c1-16(2)22(27-23(30)19-5-3-4-6-20(19)25)24(31)35-15-21(29)26-17-7-9-18(10-8-17)36(32,33)28-11-13-34-14-12-28/h3-10,16,22H,11-15H2,1-2H3,(H,26,29)(H,27,30)/t22-/m0/s1. The second kappa shape index (κ2) is 12.3. The summed E-state index contributed by atoms with van der Waals surface area (Å²) in [5, 5.41) is 5.39. The number of hydrogen-bond donors (Lipinski definition) is 2. The van der Waals surface area contributed by atoms with Crippen molar-refractivity contribution in [3.05, 3.63) is 59.1 Å². The van der Waals surface area contributed by atoms with Crippen molar-refractivity contribution in [3.63, 3.8) is 0 Å². The normalized spacial score (nSPS) is 15.2. The van der Waals surface area contributed by atoms with Crippen LogP contribution in [0.2, 0.25) is 5.02 Å². The number of amides is 2. The Morgan fingerprint density at radius 3 is 2.31 bits per heavy atom. The maximum Gasteiger partial charge on any atom is 0.329 e. The van der Waals surface area contributed by atoms with E-state index in [1.165, 1.54) is 34.6 Å². The van der Waals surface area contributed by atoms with Gasteiger partial charge in [0.2, 0.25) is 10.0 Å². The van der Waals surface area contributed by atoms with Gasteiger partial charge in [-0.15, -0.1) is 0 Å². The average molecular weight is 538 g/mol. The van der Waals surface area contributed by atoms with Crippen molar-refractivity contribution in [2.45, 2.75) is 24.8 Å². The van der Waals surface area contributed by atoms with Gasteiger partial charge in [-0.1, -0.05) is 37.6 Å². The lowest BCUT2D eigenvalue weighted by molar-refractivity contribution is -0.150. The first-order chi connectivity index (χ1) is 17.1. The number of benzene rings is 2. The molecule has 0 unspecified atom stereocenters. The molecular formula is C24H28ClN3O7S. The van der Waals surface area contributed by atoms with Gasteiger partial charge >= 0.3 is 5.97 Å². The number of esters is 1. The molecule has 1 aliphatic rings. The zero-order chi connectivity index (χ0) is 26.3. The summed E-state index contributed by atoms with van der Waals surface area (Å²) < 4.78 is 37.0. The van der Waals surface area contributed by atoms with Gasteiger partial charge in [-0.05, 0) is 42.3 Å². The third kappa shape index (κ3) is 7.03. The molecule has 2 amide bonds. The molecule has 1 atom stereocenters. The molecule has 0 saturated carbocycles. The molecule has 2 N–H and O–H groups in total. The minimum Gasteiger partial charge on any atom is -0.454 e. The van der Waals surface area contributed by atoms with Crippen molar-refractivity contribution in [1.29, 1.82) is 0 Å². The number of nitrogens with one attached hydrogen (secondary N) is 2. The second-order valence-electron chi connectivity index (χ2n) is 8.37. The fraction of sp³-hybridized carbons (Fsp3) is 0.375. The Morgan fingerprint density at radius 1 is 1.06 bits per heavy atom. The SMILES string of the molecule is CC(C)[C@H](NC(=O)c1ccccc1Cl)C(=O)OCC(=O)Nc1ccc(S(=O)(=O)N2CCOCC2)cc1. The summed E-state index contributed by atoms with van der Waals surface area (Å²) in [4.78, 5) is 37.5. The number of carbonyl (C=O) groups excluding carboxylic acids is 3. The Kier molecular flexibility index (Phi) is 9.43. The van der Waals surface area contributed by atoms with Gasteiger partial charge in [-0.25, -0.2) is 13.2 Å². The molecule has 0 spiro atoms. The van der Waals surface area contributed by atoms with Gasteiger partial charge in [-0.2, -0.15) is 4.31 Å². The Hall–Kier alpha value is -2.99. The number of halogens is 1. The molecule has 0 aromatic heterocycles. The quantitative estimate of drug-likeness (QED) is 0.469. The van der Waals surface area contributed by atoms with Gasteiger partial charge in [-0.3, -0.25) is 9.59 Å². The number of morpholine rings is 1. The van der Waals surface area contributed by atoms with E-state index in [2.05, 4.69) is 10.6 Å². The number of sulfonamides is 1. The van der Waals surface area contributed by atoms with Crippen LogP contribution in [0.25, 0.3) is 0 Å². The zero-order valence-corrected chi connectivity index (χ0v) is 21.5. The second-order valence-corrected chi connectivity index (χ2v) is 10.7. The summed E-state index contributed by atoms with van der Waals surface area (Å²) in [5.74, 6) is -2.24. The Bertz CT molecular complexity index is 1200. The van der Waals surface area contributed by atoms with E-state index in [9.17, 15) is 22.8 Å². The largest absolute Gasteiger partial charge is 0.454 e. The fourth-order valence-corrected chi connectivity index (χ4v) is 5.06. The fourth-order valence-electron chi connectivity index (χ4n) is 3.43. The van der Waals surface area contributed by atoms with Gasteiger partial charge in [0.25, 0.3) is 11.8 Å². The van der Waals surface area contributed by atoms with E-state index in [1.54, 1.807) is 32.0 Å². The molecule has 10 nitrogen and oxygen atoms in total. The number of ether oxygens (including phenoxy) is 2. The molecule has 1 saturated heterocycles. The molecule has 3 rings (SSSR count). The molecule has 1 heterocycles. The van der Waals surface area contributed by atoms with Crippen LogP contribution in [0.15, 0.2) is 53.4 Å². The summed E-state index contributed by atoms with van der Waals surface area (Å²) in [6, 6.07) is 11.1. The van der Waals surface area contributed by atoms with Crippen molar-refractivity contribution < 1.29 is 32.3 Å². The molecule has 0 radical (unpaired) electrons. The lowest BCUT2D eigenvalue weighted by Crippen LogP contribution is -2.46. The van der Waals surface area contributed by atoms with Crippen LogP contribution in [0.1, 0.15) is 24.2 Å². The summed E-state index contributed by atoms with van der Waals surface area (Å²) in [6.45, 7) is 4.11. The summed E-state index contributed by atoms with van der Waals surface area (Å²) >= 11 is 6.04. The van der Waals surface area contributed by atoms with Crippen LogP contribution < -0.4 is 10.6 Å². The number of anilines is 1. The van der Waals surface area contributed by atoms with E-state index < -0.39 is 40.5 Å². The highest BCUT2D eigenvalue weighted by Crippen LogP contribution is 2.20. The van der Waals surface area contributed by atoms with E-state index in [-0.39, 0.29) is 34.5 Å². The minimum absolute atomic E-state index is 0.0999. The molecule has 1 aliphatic heterocycles. The van der Waals surface area contributed by atoms with Crippen LogP contribution in [0.4, 0.5) is 5.69 Å². The number of carbonyl (C=O) groups is 3. The molecule has 194 valence electrons. The van der Waals surface area contributed by atoms with Crippen LogP contribution in [0, 0.1) is 5.92 Å². The number of hydrogen-bond acceptors (Lipinski definition) is 7. The molecule has 36 heavy (non-hydrogen) atoms. The lowest BCUT2D eigenvalue weighted by Gasteiger charge is -2.26. The van der Waals surface area contributed by atoms with Gasteiger partial charge in [0.05, 0.1) is 28.7 Å². The van der Waals surface area contributed by atoms with E-state index >= 15 is 0 Å². The van der Waals surface area contributed by atoms with Gasteiger partial charge in [0, 0.05) is 18.8 Å². The Morgan fingerprint density at radius 2 is 1.69 bits per heavy atom. The Labute approximate surface area is 214 Å². The minimum atomic E-state index is -3.65. The molecule has 12 heteroatoms. The summed E-state index contributed by atoms with van der Waals surface area (Å²) in [5.41, 5.74) is 0.554. The van der Waals surface area contributed by atoms with Gasteiger partial charge in [0.1, 0.15) is 6.04 Å². The molecule has 0 aliphatic carbocycles. The third-order valence-corrected chi connectivity index (χ3v) is 7.66. The molecule has 1 fully saturated rings. The van der Waals surface area contributed by atoms with Crippen LogP contribution in [-0.4, -0.2) is 69.5 Å². The summed E-state index contributed by atoms with van der Waals surface area (Å²) in [6.07, 6.45) is 0. The maximum atomic E-state index is 12.7. The highest BCUT2D eigenvalue weighted by Gasteiger charge is 2.28. The molecule has 0 bridgehead atoms. The van der Waals surface area contributed by atoms with Crippen molar-refractivity contribution in [3.8, 4) is 0 Å². The lowest BCUT2D eigenvalue weighted by atomic mass is 10.0. The van der Waals surface area contributed by atoms with Crippen molar-refractivity contribution in [2.24, 2.45) is 5.92 Å². The first kappa shape index (κ1) is 27.6. The first-order valence-corrected chi connectivity index (χ1v) is 13.1. The maximum absolute atomic E-state index is 12.7. The van der Waals surface area contributed by atoms with Crippen molar-refractivity contribution in [1.82, 2.24) is 9.62 Å². The Balaban J connectivity index is 1.54. The molecule has 2 aromatic carbocycles. The van der Waals surface area contributed by atoms with E-state index in [1.807, 2.05) is 0 Å². The third-order valence-electron chi connectivity index (χ3n) is 5.42. The van der Waals surface area contributed by atoms with E-state index in [0.29, 0.717) is 18.9 Å². The highest BCUT2D eigenvalue weighted by molar-refractivity contribution is 7.89. The van der Waals surface area contributed by atoms with Gasteiger partial charge < -0.3 is 20.1 Å². The topological polar surface area (TPSA) is 131 Å². The van der Waals surface area contributed by atoms with E-state index in [4.69, 9.17) is 21.1 Å². The molecular weight excluding hydrogens is 510 g/mol. The monoisotopic (exact) mass is 537 g/mol. The average Bonchev–Trinajstić information content (AvgIpc) is 2.86. The number of nitrogens with zero attached hydrogens (tertiary/aromatic N) is 1. The van der Waals surface area contributed by atoms with E-state index in [0.717, 1.165) is 0 Å². The first-order valence-electron chi connectivity index (χ1n) is 11.3. The van der Waals surface area contributed by atoms with Crippen LogP contribution in [0.5, 0.6) is 0 Å². The van der Waals surface area contributed by atoms with Gasteiger partial charge in [0.15, 0.2) is 6.61 Å². The van der Waals surface area contributed by atoms with Crippen LogP contribution in [-0.2, 0) is 29.1 Å². The predicted molar refractivity (Wildman–Crippen MR) is 133 cm³/mol. The van der Waals surface area contributed by atoms with Crippen molar-refractivity contribution in [2.75, 3.05) is 38.2 Å². The zero-order valence-electron chi connectivity index (χ0n) is 19.9. The number of rotatable bonds is 9. The predicted octanol–water partition coefficient (Wildman–Crippen LogP) is 2.30.